The van der Waals surface area contributed by atoms with Gasteiger partial charge in [-0.25, -0.2) is 33.6 Å². The first kappa shape index (κ1) is 142. The average molecular weight is 2020 g/mol. The number of nitrogens with zero attached hydrogens (tertiary/aromatic N) is 4. The molecule has 0 spiro atoms. The zero-order valence-electron chi connectivity index (χ0n) is 93.9. The van der Waals surface area contributed by atoms with Crippen molar-refractivity contribution in [2.24, 2.45) is 51.2 Å². The van der Waals surface area contributed by atoms with Crippen LogP contribution in [0, 0.1) is 51.2 Å². The van der Waals surface area contributed by atoms with Crippen molar-refractivity contribution in [2.45, 2.75) is 395 Å². The van der Waals surface area contributed by atoms with Gasteiger partial charge in [-0.1, -0.05) is 237 Å². The third kappa shape index (κ3) is 107. The second kappa shape index (κ2) is 83.4. The fourth-order valence-electron chi connectivity index (χ4n) is 11.1. The van der Waals surface area contributed by atoms with E-state index in [0.29, 0.717) is 104 Å². The zero-order chi connectivity index (χ0) is 107. The van der Waals surface area contributed by atoms with Crippen molar-refractivity contribution < 1.29 is 100.0 Å². The summed E-state index contributed by atoms with van der Waals surface area (Å²) in [7, 11) is 14.4. The summed E-state index contributed by atoms with van der Waals surface area (Å²) < 4.78 is 60.6. The zero-order valence-corrected chi connectivity index (χ0v) is 97.2. The molecule has 0 saturated carbocycles. The van der Waals surface area contributed by atoms with E-state index in [1.54, 1.807) is 78.4 Å². The maximum absolute atomic E-state index is 12.1. The Balaban J connectivity index is -0.000000362. The van der Waals surface area contributed by atoms with E-state index in [1.165, 1.54) is 52.4 Å². The van der Waals surface area contributed by atoms with E-state index in [1.807, 2.05) is 140 Å². The second-order valence-corrected chi connectivity index (χ2v) is 48.4. The number of nitrogens with one attached hydrogen (secondary N) is 1. The normalized spacial score (nSPS) is 11.6. The van der Waals surface area contributed by atoms with Gasteiger partial charge in [0, 0.05) is 108 Å². The van der Waals surface area contributed by atoms with Crippen LogP contribution in [0.2, 0.25) is 0 Å². The minimum atomic E-state index is -0.615. The Morgan fingerprint density at radius 3 is 1.06 bits per heavy atom. The van der Waals surface area contributed by atoms with Crippen molar-refractivity contribution in [3.05, 3.63) is 70.8 Å². The molecule has 0 aliphatic heterocycles. The molecule has 1 N–H and O–H groups in total. The average Bonchev–Trinajstić information content (AvgIpc) is 0.889. The van der Waals surface area contributed by atoms with Crippen molar-refractivity contribution in [1.29, 1.82) is 0 Å². The summed E-state index contributed by atoms with van der Waals surface area (Å²) in [5.41, 5.74) is 6.08. The molecule has 0 heterocycles. The topological polar surface area (TPSA) is 289 Å². The summed E-state index contributed by atoms with van der Waals surface area (Å²) in [5, 5.41) is 2.73. The highest BCUT2D eigenvalue weighted by Crippen LogP contribution is 2.29. The number of carbonyl (C=O) groups is 9. The van der Waals surface area contributed by atoms with E-state index in [-0.39, 0.29) is 98.5 Å². The van der Waals surface area contributed by atoms with Crippen LogP contribution >= 0.6 is 43.2 Å². The first-order valence-electron chi connectivity index (χ1n) is 49.9. The number of ether oxygens (including phenoxy) is 12. The van der Waals surface area contributed by atoms with E-state index in [9.17, 15) is 43.2 Å². The van der Waals surface area contributed by atoms with Gasteiger partial charge in [-0.3, -0.25) is 9.59 Å². The number of rotatable bonds is 51. The predicted octanol–water partition coefficient (Wildman–Crippen LogP) is 27.6. The molecular weight excluding hydrogens is 1820 g/mol. The third-order valence-corrected chi connectivity index (χ3v) is 23.1. The Kier molecular flexibility index (Phi) is 86.2. The number of alkyl carbamates (subject to hydrolysis) is 1. The van der Waals surface area contributed by atoms with Gasteiger partial charge in [-0.2, -0.15) is 0 Å². The molecule has 2 aromatic carbocycles. The lowest BCUT2D eigenvalue weighted by Gasteiger charge is -2.25. The highest BCUT2D eigenvalue weighted by Gasteiger charge is 2.21. The van der Waals surface area contributed by atoms with Gasteiger partial charge < -0.3 is 81.8 Å². The standard InChI is InChI=1S/C20H32N2O4.C15H22O3.C13H27NO2S2.C13H26O3S2.C13H26O3.C12H24O3.C11H24N2O2.C10H20O/c1-15(2)13-17-7-9-18(10-8-17)14-25-19(23)21(5)11-12-22(6)20(24)26-16(3)4;1-11(2)9-13-5-7-14(8-6-13)10-17-15(16)18-12(3)4;1-11(2)16-12(15)14-8-10-18-17-9-6-7-13(3,4)5;1-11(2)16-12(14)15-8-10-18-17-9-6-7-13(3,4)5;1-11(2)16-12(14)7-10-15-9-6-8-13(3,4)5;1-10(2)15-11(13)9-14-8-6-7-12(3,4)5;1-9(2)12(5)7-8-13(6)11(14)15-10(3)4;1-7(2)6-9(5)10(11)8(3)4/h7-10,15-16H,11-14H2,1-6H3;5-8,11-12H,9-10H2,1-4H3;11H,6-10H2,1-5H3,(H,14,15);11H,6-10H2,1-5H3;11H,6-10H2,1-5H3;10H,6-9H2,1-5H3;9-10H,7-8H2,1-6H3;7-9H,6H2,1-5H3. The number of hydrogen-bond acceptors (Lipinski definition) is 26. The molecule has 30 heteroatoms. The minimum absolute atomic E-state index is 0.0339. The summed E-state index contributed by atoms with van der Waals surface area (Å²) in [5.74, 6) is 6.35. The van der Waals surface area contributed by atoms with Crippen LogP contribution < -0.4 is 5.32 Å². The molecule has 0 radical (unpaired) electrons. The second-order valence-electron chi connectivity index (χ2n) is 43.0. The van der Waals surface area contributed by atoms with Crippen LogP contribution in [0.25, 0.3) is 0 Å². The molecule has 804 valence electrons. The molecule has 4 amide bonds. The Labute approximate surface area is 851 Å². The van der Waals surface area contributed by atoms with Crippen molar-refractivity contribution in [3.8, 4) is 0 Å². The molecule has 1 atom stereocenters. The molecule has 2 aromatic rings. The van der Waals surface area contributed by atoms with E-state index < -0.39 is 24.5 Å². The van der Waals surface area contributed by atoms with E-state index in [0.717, 1.165) is 86.5 Å². The van der Waals surface area contributed by atoms with E-state index in [2.05, 4.69) is 173 Å². The third-order valence-electron chi connectivity index (χ3n) is 18.1. The highest BCUT2D eigenvalue weighted by atomic mass is 33.1. The summed E-state index contributed by atoms with van der Waals surface area (Å²) >= 11 is 0. The van der Waals surface area contributed by atoms with Gasteiger partial charge in [0.25, 0.3) is 0 Å². The number of Topliss-reactive ketones (excluding diaryl/α,β-unsaturated/α-hetero) is 1. The molecule has 26 nitrogen and oxygen atoms in total. The number of esters is 2. The predicted molar refractivity (Wildman–Crippen MR) is 574 cm³/mol. The molecule has 0 aliphatic rings. The van der Waals surface area contributed by atoms with Crippen LogP contribution in [-0.4, -0.2) is 240 Å². The molecule has 0 aromatic heterocycles. The van der Waals surface area contributed by atoms with Crippen molar-refractivity contribution in [3.63, 3.8) is 0 Å². The van der Waals surface area contributed by atoms with Gasteiger partial charge in [-0.15, -0.1) is 0 Å². The molecule has 0 bridgehead atoms. The highest BCUT2D eigenvalue weighted by molar-refractivity contribution is 8.77. The molecular formula is C107H201N5O21S4. The Bertz CT molecular complexity index is 3300. The molecule has 137 heavy (non-hydrogen) atoms. The molecule has 1 unspecified atom stereocenters. The summed E-state index contributed by atoms with van der Waals surface area (Å²) in [4.78, 5) is 109. The number of ketones is 1. The molecule has 0 fully saturated rings. The van der Waals surface area contributed by atoms with Crippen LogP contribution in [0.3, 0.4) is 0 Å². The summed E-state index contributed by atoms with van der Waals surface area (Å²) in [6.07, 6.45) is 9.57. The Hall–Kier alpha value is -6.05. The fraction of sp³-hybridized carbons (Fsp3) is 0.804. The van der Waals surface area contributed by atoms with Crippen LogP contribution in [0.4, 0.5) is 28.8 Å². The van der Waals surface area contributed by atoms with E-state index >= 15 is 0 Å². The van der Waals surface area contributed by atoms with Crippen molar-refractivity contribution in [1.82, 2.24) is 24.9 Å². The SMILES string of the molecule is CC(C)CC(C)C(=O)C(C)C.CC(C)Cc1ccc(COC(=O)N(C)CCN(C)C(=O)OC(C)C)cc1.CC(C)Cc1ccc(COC(=O)OC(C)C)cc1.CC(C)OC(=O)CCOCCCC(C)(C)C.CC(C)OC(=O)COCCCC(C)(C)C.CC(C)OC(=O)N(C)CCN(C)C(C)C.CC(C)OC(=O)NCCSSCCCC(C)(C)C.CC(C)OC(=O)OCCSSCCCC(C)(C)C. The van der Waals surface area contributed by atoms with Crippen LogP contribution in [0.5, 0.6) is 0 Å². The van der Waals surface area contributed by atoms with Gasteiger partial charge in [0.15, 0.2) is 0 Å². The Morgan fingerprint density at radius 2 is 0.686 bits per heavy atom. The number of amides is 4. The van der Waals surface area contributed by atoms with Crippen LogP contribution in [-0.2, 0) is 97.3 Å². The molecule has 2 rings (SSSR count). The minimum Gasteiger partial charge on any atom is -0.463 e. The lowest BCUT2D eigenvalue weighted by molar-refractivity contribution is -0.153. The summed E-state index contributed by atoms with van der Waals surface area (Å²) in [6, 6.07) is 16.7. The van der Waals surface area contributed by atoms with Crippen LogP contribution in [0.1, 0.15) is 343 Å². The monoisotopic (exact) mass is 2020 g/mol. The first-order chi connectivity index (χ1) is 63.2. The number of hydrogen-bond donors (Lipinski definition) is 1. The number of benzene rings is 2. The van der Waals surface area contributed by atoms with Gasteiger partial charge >= 0.3 is 48.6 Å². The fourth-order valence-corrected chi connectivity index (χ4v) is 15.0. The Morgan fingerprint density at radius 1 is 0.343 bits per heavy atom. The number of likely N-dealkylation sites (N-methyl/N-ethyl adjacent to an activating group) is 4. The van der Waals surface area contributed by atoms with Crippen LogP contribution in [0.15, 0.2) is 48.5 Å². The molecule has 0 saturated heterocycles. The largest absolute Gasteiger partial charge is 0.508 e. The van der Waals surface area contributed by atoms with Gasteiger partial charge in [0.05, 0.1) is 55.8 Å². The first-order valence-corrected chi connectivity index (χ1v) is 54.9. The lowest BCUT2D eigenvalue weighted by Crippen LogP contribution is -2.38. The summed E-state index contributed by atoms with van der Waals surface area (Å²) in [6.45, 7) is 81.5. The smallest absolute Gasteiger partial charge is 0.463 e. The van der Waals surface area contributed by atoms with E-state index in [4.69, 9.17) is 56.8 Å². The van der Waals surface area contributed by atoms with Gasteiger partial charge in [-0.05, 0) is 250 Å². The van der Waals surface area contributed by atoms with Crippen molar-refractivity contribution in [2.75, 3.05) is 117 Å². The maximum atomic E-state index is 12.1. The van der Waals surface area contributed by atoms with Gasteiger partial charge in [0.1, 0.15) is 32.2 Å². The van der Waals surface area contributed by atoms with Crippen molar-refractivity contribution >= 4 is 97.6 Å². The maximum Gasteiger partial charge on any atom is 0.508 e. The number of carbonyl (C=O) groups excluding carboxylic acids is 9. The lowest BCUT2D eigenvalue weighted by atomic mass is 9.90. The molecule has 0 aliphatic carbocycles. The van der Waals surface area contributed by atoms with Gasteiger partial charge in [0.2, 0.25) is 0 Å². The quantitative estimate of drug-likeness (QED) is 0.0279.